The Morgan fingerprint density at radius 1 is 1.40 bits per heavy atom. The van der Waals surface area contributed by atoms with Crippen LogP contribution in [0.5, 0.6) is 0 Å². The van der Waals surface area contributed by atoms with Crippen molar-refractivity contribution in [2.45, 2.75) is 12.2 Å². The molecule has 0 aromatic heterocycles. The van der Waals surface area contributed by atoms with E-state index in [9.17, 15) is 12.3 Å². The van der Waals surface area contributed by atoms with Gasteiger partial charge in [0.2, 0.25) is 0 Å². The average molecular weight is 230 g/mol. The van der Waals surface area contributed by atoms with Gasteiger partial charge in [0.15, 0.2) is 0 Å². The molecule has 0 aliphatic heterocycles. The molecule has 0 radical (unpaired) electrons. The average Bonchev–Trinajstić information content (AvgIpc) is 2.15. The summed E-state index contributed by atoms with van der Waals surface area (Å²) in [6.45, 7) is 1.26. The van der Waals surface area contributed by atoms with Gasteiger partial charge < -0.3 is 5.73 Å². The molecule has 0 saturated carbocycles. The number of halogens is 1. The number of nitrogens with one attached hydrogen (secondary N) is 1. The molecule has 1 unspecified atom stereocenters. The van der Waals surface area contributed by atoms with Crippen molar-refractivity contribution in [1.82, 2.24) is 0 Å². The van der Waals surface area contributed by atoms with Gasteiger partial charge in [-0.1, -0.05) is 24.3 Å². The lowest BCUT2D eigenvalue weighted by Gasteiger charge is -2.07. The smallest absolute Gasteiger partial charge is 0.309 e. The Kier molecular flexibility index (Phi) is 3.09. The molecule has 3 N–H and O–H groups in total. The van der Waals surface area contributed by atoms with E-state index in [1.165, 1.54) is 31.2 Å². The first-order valence-electron chi connectivity index (χ1n) is 4.20. The van der Waals surface area contributed by atoms with Gasteiger partial charge in [0.1, 0.15) is 11.1 Å². The Bertz CT molecular complexity index is 467. The van der Waals surface area contributed by atoms with E-state index >= 15 is 0 Å². The third-order valence-electron chi connectivity index (χ3n) is 2.11. The number of nitrogen functional groups attached to an aromatic ring is 1. The molecule has 82 valence electrons. The summed E-state index contributed by atoms with van der Waals surface area (Å²) in [6, 6.07) is 5.86. The maximum absolute atomic E-state index is 12.6. The normalized spacial score (nSPS) is 13.5. The zero-order valence-electron chi connectivity index (χ0n) is 8.07. The molecule has 0 bridgehead atoms. The van der Waals surface area contributed by atoms with Gasteiger partial charge in [0.05, 0.1) is 0 Å². The van der Waals surface area contributed by atoms with Crippen LogP contribution in [0.4, 0.5) is 3.89 Å². The summed E-state index contributed by atoms with van der Waals surface area (Å²) >= 11 is 0. The van der Waals surface area contributed by atoms with Crippen molar-refractivity contribution in [3.63, 3.8) is 0 Å². The summed E-state index contributed by atoms with van der Waals surface area (Å²) in [7, 11) is -4.57. The zero-order valence-corrected chi connectivity index (χ0v) is 8.88. The molecule has 0 amide bonds. The third-order valence-corrected chi connectivity index (χ3v) is 3.23. The molecule has 1 atom stereocenters. The molecular weight excluding hydrogens is 219 g/mol. The Hall–Kier alpha value is -1.43. The Labute approximate surface area is 87.6 Å². The van der Waals surface area contributed by atoms with Gasteiger partial charge in [0.25, 0.3) is 0 Å². The first-order chi connectivity index (χ1) is 6.82. The van der Waals surface area contributed by atoms with Gasteiger partial charge in [0, 0.05) is 5.56 Å². The molecule has 1 aromatic rings. The number of benzene rings is 1. The largest absolute Gasteiger partial charge is 0.384 e. The number of amidine groups is 1. The van der Waals surface area contributed by atoms with Crippen LogP contribution in [0.15, 0.2) is 24.3 Å². The van der Waals surface area contributed by atoms with Crippen LogP contribution in [-0.4, -0.2) is 14.3 Å². The van der Waals surface area contributed by atoms with Gasteiger partial charge in [-0.25, -0.2) is 0 Å². The van der Waals surface area contributed by atoms with Gasteiger partial charge >= 0.3 is 10.2 Å². The number of nitrogens with two attached hydrogens (primary N) is 1. The second kappa shape index (κ2) is 3.98. The lowest BCUT2D eigenvalue weighted by atomic mass is 10.1. The molecule has 6 heteroatoms. The van der Waals surface area contributed by atoms with Crippen LogP contribution in [0.2, 0.25) is 0 Å². The summed E-state index contributed by atoms with van der Waals surface area (Å²) < 4.78 is 33.9. The Balaban J connectivity index is 3.05. The first kappa shape index (κ1) is 11.6. The predicted molar refractivity (Wildman–Crippen MR) is 55.9 cm³/mol. The summed E-state index contributed by atoms with van der Waals surface area (Å²) in [5.74, 6) is -0.114. The monoisotopic (exact) mass is 230 g/mol. The Morgan fingerprint density at radius 3 is 2.20 bits per heavy atom. The number of rotatable bonds is 3. The lowest BCUT2D eigenvalue weighted by molar-refractivity contribution is 0.540. The molecule has 0 heterocycles. The number of hydrogen-bond donors (Lipinski definition) is 2. The highest BCUT2D eigenvalue weighted by atomic mass is 32.3. The maximum Gasteiger partial charge on any atom is 0.309 e. The summed E-state index contributed by atoms with van der Waals surface area (Å²) in [4.78, 5) is 0. The fourth-order valence-electron chi connectivity index (χ4n) is 1.10. The van der Waals surface area contributed by atoms with Crippen molar-refractivity contribution in [3.8, 4) is 0 Å². The van der Waals surface area contributed by atoms with Crippen molar-refractivity contribution in [2.75, 3.05) is 0 Å². The highest BCUT2D eigenvalue weighted by Crippen LogP contribution is 2.23. The second-order valence-corrected chi connectivity index (χ2v) is 4.81. The summed E-state index contributed by atoms with van der Waals surface area (Å²) in [6.07, 6.45) is 0. The third kappa shape index (κ3) is 2.76. The van der Waals surface area contributed by atoms with Crippen LogP contribution in [-0.2, 0) is 10.2 Å². The SMILES string of the molecule is CC(c1ccc(C(=N)N)cc1)S(=O)(=O)F. The van der Waals surface area contributed by atoms with Crippen molar-refractivity contribution < 1.29 is 12.3 Å². The van der Waals surface area contributed by atoms with Crippen LogP contribution < -0.4 is 5.73 Å². The zero-order chi connectivity index (χ0) is 11.6. The molecule has 0 fully saturated rings. The van der Waals surface area contributed by atoms with E-state index in [0.29, 0.717) is 11.1 Å². The molecule has 1 rings (SSSR count). The standard InChI is InChI=1S/C9H11FN2O2S/c1-6(15(10,13)14)7-2-4-8(5-3-7)9(11)12/h2-6H,1H3,(H3,11,12). The van der Waals surface area contributed by atoms with Crippen molar-refractivity contribution in [1.29, 1.82) is 5.41 Å². The van der Waals surface area contributed by atoms with Crippen molar-refractivity contribution >= 4 is 16.1 Å². The van der Waals surface area contributed by atoms with Gasteiger partial charge in [-0.3, -0.25) is 5.41 Å². The quantitative estimate of drug-likeness (QED) is 0.466. The van der Waals surface area contributed by atoms with E-state index in [0.717, 1.165) is 0 Å². The van der Waals surface area contributed by atoms with Crippen LogP contribution in [0.1, 0.15) is 23.3 Å². The predicted octanol–water partition coefficient (Wildman–Crippen LogP) is 1.33. The maximum atomic E-state index is 12.6. The van der Waals surface area contributed by atoms with Crippen molar-refractivity contribution in [3.05, 3.63) is 35.4 Å². The van der Waals surface area contributed by atoms with Crippen LogP contribution in [0.3, 0.4) is 0 Å². The molecule has 4 nitrogen and oxygen atoms in total. The molecule has 15 heavy (non-hydrogen) atoms. The molecule has 0 aliphatic carbocycles. The summed E-state index contributed by atoms with van der Waals surface area (Å²) in [5.41, 5.74) is 6.03. The molecular formula is C9H11FN2O2S. The molecule has 0 saturated heterocycles. The molecule has 1 aromatic carbocycles. The van der Waals surface area contributed by atoms with E-state index in [1.807, 2.05) is 0 Å². The van der Waals surface area contributed by atoms with Gasteiger partial charge in [-0.15, -0.1) is 3.89 Å². The van der Waals surface area contributed by atoms with Crippen LogP contribution >= 0.6 is 0 Å². The highest BCUT2D eigenvalue weighted by Gasteiger charge is 2.21. The highest BCUT2D eigenvalue weighted by molar-refractivity contribution is 7.86. The van der Waals surface area contributed by atoms with E-state index in [1.54, 1.807) is 0 Å². The molecule has 0 aliphatic rings. The first-order valence-corrected chi connectivity index (χ1v) is 5.65. The van der Waals surface area contributed by atoms with Crippen LogP contribution in [0, 0.1) is 5.41 Å². The van der Waals surface area contributed by atoms with Gasteiger partial charge in [-0.2, -0.15) is 8.42 Å². The second-order valence-electron chi connectivity index (χ2n) is 3.15. The molecule has 0 spiro atoms. The fraction of sp³-hybridized carbons (Fsp3) is 0.222. The van der Waals surface area contributed by atoms with Gasteiger partial charge in [-0.05, 0) is 12.5 Å². The van der Waals surface area contributed by atoms with E-state index in [-0.39, 0.29) is 5.84 Å². The number of hydrogen-bond acceptors (Lipinski definition) is 3. The minimum Gasteiger partial charge on any atom is -0.384 e. The van der Waals surface area contributed by atoms with E-state index < -0.39 is 15.5 Å². The lowest BCUT2D eigenvalue weighted by Crippen LogP contribution is -2.11. The van der Waals surface area contributed by atoms with E-state index in [2.05, 4.69) is 0 Å². The Morgan fingerprint density at radius 2 is 1.87 bits per heavy atom. The topological polar surface area (TPSA) is 84.0 Å². The minimum absolute atomic E-state index is 0.114. The van der Waals surface area contributed by atoms with Crippen molar-refractivity contribution in [2.24, 2.45) is 5.73 Å². The fourth-order valence-corrected chi connectivity index (χ4v) is 1.58. The minimum atomic E-state index is -4.57. The van der Waals surface area contributed by atoms with Crippen LogP contribution in [0.25, 0.3) is 0 Å². The summed E-state index contributed by atoms with van der Waals surface area (Å²) in [5, 5.41) is 5.93. The van der Waals surface area contributed by atoms with E-state index in [4.69, 9.17) is 11.1 Å².